The van der Waals surface area contributed by atoms with E-state index in [-0.39, 0.29) is 29.7 Å². The van der Waals surface area contributed by atoms with E-state index in [1.165, 1.54) is 12.1 Å². The third-order valence-electron chi connectivity index (χ3n) is 3.32. The summed E-state index contributed by atoms with van der Waals surface area (Å²) in [7, 11) is 0. The van der Waals surface area contributed by atoms with Crippen molar-refractivity contribution in [2.45, 2.75) is 25.8 Å². The Bertz CT molecular complexity index is 518. The van der Waals surface area contributed by atoms with E-state index in [0.29, 0.717) is 12.5 Å². The van der Waals surface area contributed by atoms with Gasteiger partial charge in [-0.1, -0.05) is 6.07 Å². The number of carbonyl (C=O) groups is 1. The van der Waals surface area contributed by atoms with Gasteiger partial charge in [0.15, 0.2) is 0 Å². The van der Waals surface area contributed by atoms with E-state index >= 15 is 0 Å². The lowest BCUT2D eigenvalue weighted by molar-refractivity contribution is -0.385. The highest BCUT2D eigenvalue weighted by molar-refractivity contribution is 5.98. The Kier molecular flexibility index (Phi) is 5.47. The molecule has 0 saturated heterocycles. The summed E-state index contributed by atoms with van der Waals surface area (Å²) in [4.78, 5) is 22.3. The van der Waals surface area contributed by atoms with Crippen LogP contribution in [0, 0.1) is 23.0 Å². The summed E-state index contributed by atoms with van der Waals surface area (Å²) >= 11 is 0. The highest BCUT2D eigenvalue weighted by Crippen LogP contribution is 2.31. The van der Waals surface area contributed by atoms with Crippen molar-refractivity contribution in [2.24, 2.45) is 11.7 Å². The Morgan fingerprint density at radius 1 is 1.55 bits per heavy atom. The van der Waals surface area contributed by atoms with Crippen molar-refractivity contribution in [1.82, 2.24) is 5.32 Å². The second-order valence-corrected chi connectivity index (χ2v) is 4.99. The van der Waals surface area contributed by atoms with Crippen LogP contribution in [0.4, 0.5) is 5.69 Å². The molecule has 0 bridgehead atoms. The summed E-state index contributed by atoms with van der Waals surface area (Å²) in [6.07, 6.45) is 2.20. The van der Waals surface area contributed by atoms with Crippen LogP contribution in [0.2, 0.25) is 0 Å². The fourth-order valence-corrected chi connectivity index (χ4v) is 1.99. The van der Waals surface area contributed by atoms with Crippen LogP contribution in [0.1, 0.15) is 28.8 Å². The van der Waals surface area contributed by atoms with Crippen molar-refractivity contribution in [3.8, 4) is 0 Å². The van der Waals surface area contributed by atoms with Gasteiger partial charge in [-0.05, 0) is 37.3 Å². The van der Waals surface area contributed by atoms with Crippen molar-refractivity contribution in [3.05, 3.63) is 39.4 Å². The molecule has 0 aromatic heterocycles. The predicted octanol–water partition coefficient (Wildman–Crippen LogP) is 1.79. The van der Waals surface area contributed by atoms with E-state index < -0.39 is 10.8 Å². The van der Waals surface area contributed by atoms with Crippen LogP contribution in [-0.2, 0) is 0 Å². The van der Waals surface area contributed by atoms with Crippen LogP contribution in [0.3, 0.4) is 0 Å². The zero-order valence-electron chi connectivity index (χ0n) is 11.2. The molecule has 1 saturated carbocycles. The number of nitrogens with zero attached hydrogens (tertiary/aromatic N) is 1. The number of aryl methyl sites for hydroxylation is 1. The van der Waals surface area contributed by atoms with E-state index in [0.717, 1.165) is 18.4 Å². The average Bonchev–Trinajstić information content (AvgIpc) is 3.19. The molecule has 1 fully saturated rings. The molecule has 0 radical (unpaired) electrons. The molecule has 3 N–H and O–H groups in total. The third kappa shape index (κ3) is 3.91. The minimum Gasteiger partial charge on any atom is -0.350 e. The Labute approximate surface area is 123 Å². The molecule has 6 nitrogen and oxygen atoms in total. The molecule has 2 rings (SSSR count). The van der Waals surface area contributed by atoms with Gasteiger partial charge < -0.3 is 11.1 Å². The lowest BCUT2D eigenvalue weighted by Gasteiger charge is -2.11. The number of nitro groups is 1. The SMILES string of the molecule is Cc1ccc([N+](=O)[O-])c(C(=O)NCC(N)C2CC2)c1.Cl. The van der Waals surface area contributed by atoms with E-state index in [9.17, 15) is 14.9 Å². The molecular formula is C13H18ClN3O3. The average molecular weight is 300 g/mol. The number of nitrogens with one attached hydrogen (secondary N) is 1. The number of amides is 1. The number of carbonyl (C=O) groups excluding carboxylic acids is 1. The number of halogens is 1. The summed E-state index contributed by atoms with van der Waals surface area (Å²) in [6, 6.07) is 4.43. The zero-order valence-corrected chi connectivity index (χ0v) is 12.0. The van der Waals surface area contributed by atoms with Crippen molar-refractivity contribution >= 4 is 24.0 Å². The largest absolute Gasteiger partial charge is 0.350 e. The third-order valence-corrected chi connectivity index (χ3v) is 3.32. The van der Waals surface area contributed by atoms with Crippen molar-refractivity contribution < 1.29 is 9.72 Å². The minimum absolute atomic E-state index is 0. The molecule has 1 aromatic rings. The van der Waals surface area contributed by atoms with Gasteiger partial charge in [0.25, 0.3) is 11.6 Å². The van der Waals surface area contributed by atoms with E-state index in [1.807, 2.05) is 0 Å². The highest BCUT2D eigenvalue weighted by atomic mass is 35.5. The first-order chi connectivity index (χ1) is 8.99. The molecule has 0 spiro atoms. The normalized spacial score (nSPS) is 15.1. The number of hydrogen-bond donors (Lipinski definition) is 2. The molecular weight excluding hydrogens is 282 g/mol. The summed E-state index contributed by atoms with van der Waals surface area (Å²) in [5.41, 5.74) is 6.61. The molecule has 1 amide bonds. The second kappa shape index (κ2) is 6.67. The molecule has 0 heterocycles. The second-order valence-electron chi connectivity index (χ2n) is 4.99. The maximum absolute atomic E-state index is 12.0. The van der Waals surface area contributed by atoms with Crippen LogP contribution in [-0.4, -0.2) is 23.4 Å². The highest BCUT2D eigenvalue weighted by Gasteiger charge is 2.29. The van der Waals surface area contributed by atoms with Gasteiger partial charge in [-0.3, -0.25) is 14.9 Å². The molecule has 1 atom stereocenters. The Hall–Kier alpha value is -1.66. The topological polar surface area (TPSA) is 98.3 Å². The predicted molar refractivity (Wildman–Crippen MR) is 78.1 cm³/mol. The molecule has 7 heteroatoms. The van der Waals surface area contributed by atoms with Gasteiger partial charge >= 0.3 is 0 Å². The molecule has 110 valence electrons. The van der Waals surface area contributed by atoms with Crippen LogP contribution < -0.4 is 11.1 Å². The van der Waals surface area contributed by atoms with Gasteiger partial charge in [0, 0.05) is 18.7 Å². The van der Waals surface area contributed by atoms with Crippen LogP contribution >= 0.6 is 12.4 Å². The quantitative estimate of drug-likeness (QED) is 0.639. The Morgan fingerprint density at radius 2 is 2.20 bits per heavy atom. The maximum Gasteiger partial charge on any atom is 0.282 e. The number of benzene rings is 1. The Morgan fingerprint density at radius 3 is 2.75 bits per heavy atom. The van der Waals surface area contributed by atoms with Gasteiger partial charge in [0.1, 0.15) is 5.56 Å². The lowest BCUT2D eigenvalue weighted by Crippen LogP contribution is -2.38. The number of nitrogens with two attached hydrogens (primary N) is 1. The monoisotopic (exact) mass is 299 g/mol. The van der Waals surface area contributed by atoms with E-state index in [1.54, 1.807) is 13.0 Å². The first kappa shape index (κ1) is 16.4. The number of nitro benzene ring substituents is 1. The summed E-state index contributed by atoms with van der Waals surface area (Å²) < 4.78 is 0. The van der Waals surface area contributed by atoms with Crippen molar-refractivity contribution in [3.63, 3.8) is 0 Å². The van der Waals surface area contributed by atoms with Gasteiger partial charge in [0.05, 0.1) is 4.92 Å². The van der Waals surface area contributed by atoms with Crippen LogP contribution in [0.15, 0.2) is 18.2 Å². The fourth-order valence-electron chi connectivity index (χ4n) is 1.99. The van der Waals surface area contributed by atoms with Crippen molar-refractivity contribution in [2.75, 3.05) is 6.54 Å². The van der Waals surface area contributed by atoms with Gasteiger partial charge in [-0.2, -0.15) is 0 Å². The van der Waals surface area contributed by atoms with Gasteiger partial charge in [-0.15, -0.1) is 12.4 Å². The van der Waals surface area contributed by atoms with Crippen LogP contribution in [0.25, 0.3) is 0 Å². The summed E-state index contributed by atoms with van der Waals surface area (Å²) in [5.74, 6) is 0.0410. The molecule has 0 aliphatic heterocycles. The number of hydrogen-bond acceptors (Lipinski definition) is 4. The minimum atomic E-state index is -0.546. The first-order valence-corrected chi connectivity index (χ1v) is 6.28. The summed E-state index contributed by atoms with van der Waals surface area (Å²) in [5, 5.41) is 13.6. The Balaban J connectivity index is 0.00000200. The molecule has 1 aromatic carbocycles. The van der Waals surface area contributed by atoms with Crippen LogP contribution in [0.5, 0.6) is 0 Å². The lowest BCUT2D eigenvalue weighted by atomic mass is 10.1. The van der Waals surface area contributed by atoms with Gasteiger partial charge in [0.2, 0.25) is 0 Å². The maximum atomic E-state index is 12.0. The van der Waals surface area contributed by atoms with E-state index in [2.05, 4.69) is 5.32 Å². The van der Waals surface area contributed by atoms with Crippen molar-refractivity contribution in [1.29, 1.82) is 0 Å². The molecule has 1 unspecified atom stereocenters. The number of rotatable bonds is 5. The molecule has 1 aliphatic rings. The fraction of sp³-hybridized carbons (Fsp3) is 0.462. The zero-order chi connectivity index (χ0) is 14.0. The standard InChI is InChI=1S/C13H17N3O3.ClH/c1-8-2-5-12(16(18)19)10(6-8)13(17)15-7-11(14)9-3-4-9;/h2,5-6,9,11H,3-4,7,14H2,1H3,(H,15,17);1H. The summed E-state index contributed by atoms with van der Waals surface area (Å²) in [6.45, 7) is 2.14. The van der Waals surface area contributed by atoms with E-state index in [4.69, 9.17) is 5.73 Å². The van der Waals surface area contributed by atoms with Gasteiger partial charge in [-0.25, -0.2) is 0 Å². The molecule has 20 heavy (non-hydrogen) atoms. The smallest absolute Gasteiger partial charge is 0.282 e. The first-order valence-electron chi connectivity index (χ1n) is 6.28. The molecule has 1 aliphatic carbocycles.